The van der Waals surface area contributed by atoms with E-state index in [4.69, 9.17) is 0 Å². The third kappa shape index (κ3) is 3.30. The summed E-state index contributed by atoms with van der Waals surface area (Å²) >= 11 is 0. The summed E-state index contributed by atoms with van der Waals surface area (Å²) in [5.74, 6) is 1.63. The molecule has 3 heterocycles. The largest absolute Gasteiger partial charge is 0.363 e. The zero-order valence-corrected chi connectivity index (χ0v) is 13.7. The van der Waals surface area contributed by atoms with Gasteiger partial charge in [0.1, 0.15) is 5.82 Å². The van der Waals surface area contributed by atoms with Gasteiger partial charge in [-0.1, -0.05) is 0 Å². The normalized spacial score (nSPS) is 19.3. The number of piperidine rings is 1. The van der Waals surface area contributed by atoms with Gasteiger partial charge in [0, 0.05) is 39.1 Å². The van der Waals surface area contributed by atoms with Gasteiger partial charge in [-0.2, -0.15) is 0 Å². The Morgan fingerprint density at radius 1 is 1.36 bits per heavy atom. The number of anilines is 1. The fourth-order valence-electron chi connectivity index (χ4n) is 3.16. The number of likely N-dealkylation sites (tertiary alicyclic amines) is 1. The predicted octanol–water partition coefficient (Wildman–Crippen LogP) is 2.56. The van der Waals surface area contributed by atoms with E-state index in [0.29, 0.717) is 5.92 Å². The number of H-pyrrole nitrogens is 1. The Hall–Kier alpha value is -1.88. The second kappa shape index (κ2) is 6.48. The van der Waals surface area contributed by atoms with Gasteiger partial charge >= 0.3 is 0 Å². The van der Waals surface area contributed by atoms with Crippen molar-refractivity contribution in [2.24, 2.45) is 0 Å². The number of hydrogen-bond donors (Lipinski definition) is 1. The highest BCUT2D eigenvalue weighted by Crippen LogP contribution is 2.29. The summed E-state index contributed by atoms with van der Waals surface area (Å²) in [4.78, 5) is 16.6. The Bertz CT molecular complexity index is 619. The van der Waals surface area contributed by atoms with Crippen LogP contribution in [-0.2, 0) is 6.54 Å². The van der Waals surface area contributed by atoms with E-state index < -0.39 is 0 Å². The molecule has 22 heavy (non-hydrogen) atoms. The zero-order valence-electron chi connectivity index (χ0n) is 13.7. The second-order valence-electron chi connectivity index (χ2n) is 6.39. The minimum absolute atomic E-state index is 0.592. The summed E-state index contributed by atoms with van der Waals surface area (Å²) in [5.41, 5.74) is 3.76. The van der Waals surface area contributed by atoms with E-state index in [1.807, 2.05) is 20.3 Å². The lowest BCUT2D eigenvalue weighted by Gasteiger charge is -2.33. The molecule has 0 radical (unpaired) electrons. The van der Waals surface area contributed by atoms with Gasteiger partial charge in [-0.15, -0.1) is 0 Å². The molecule has 0 aromatic carbocycles. The molecule has 1 fully saturated rings. The van der Waals surface area contributed by atoms with Gasteiger partial charge in [0.25, 0.3) is 0 Å². The topological polar surface area (TPSA) is 48.1 Å². The van der Waals surface area contributed by atoms with Crippen LogP contribution in [0.15, 0.2) is 24.7 Å². The van der Waals surface area contributed by atoms with Crippen LogP contribution < -0.4 is 4.90 Å². The minimum atomic E-state index is 0.592. The van der Waals surface area contributed by atoms with Crippen LogP contribution in [0.5, 0.6) is 0 Å². The monoisotopic (exact) mass is 299 g/mol. The summed E-state index contributed by atoms with van der Waals surface area (Å²) in [6, 6.07) is 4.40. The Kier molecular flexibility index (Phi) is 4.43. The van der Waals surface area contributed by atoms with Crippen LogP contribution in [0.2, 0.25) is 0 Å². The molecule has 1 aliphatic heterocycles. The number of hydrogen-bond acceptors (Lipinski definition) is 4. The molecule has 1 saturated heterocycles. The van der Waals surface area contributed by atoms with Crippen LogP contribution in [0.1, 0.15) is 35.7 Å². The van der Waals surface area contributed by atoms with Crippen molar-refractivity contribution in [3.05, 3.63) is 41.6 Å². The number of rotatable bonds is 4. The molecule has 0 amide bonds. The van der Waals surface area contributed by atoms with E-state index in [-0.39, 0.29) is 0 Å². The average molecular weight is 299 g/mol. The van der Waals surface area contributed by atoms with Gasteiger partial charge in [-0.05, 0) is 49.9 Å². The van der Waals surface area contributed by atoms with Crippen LogP contribution in [0.3, 0.4) is 0 Å². The predicted molar refractivity (Wildman–Crippen MR) is 89.1 cm³/mol. The van der Waals surface area contributed by atoms with Crippen LogP contribution in [-0.4, -0.2) is 47.0 Å². The van der Waals surface area contributed by atoms with Crippen molar-refractivity contribution in [2.45, 2.75) is 32.2 Å². The molecule has 0 aliphatic carbocycles. The number of imidazole rings is 1. The van der Waals surface area contributed by atoms with Crippen LogP contribution in [0, 0.1) is 6.92 Å². The number of pyridine rings is 1. The standard InChI is InChI=1S/C17H25N5/c1-13-16(20-12-19-13)11-22-8-4-5-15(10-22)14-6-7-18-17(9-14)21(2)3/h6-7,9,12,15H,4-5,8,10-11H2,1-3H3,(H,19,20)/t15-/m0/s1. The van der Waals surface area contributed by atoms with Gasteiger partial charge in [0.15, 0.2) is 0 Å². The lowest BCUT2D eigenvalue weighted by molar-refractivity contribution is 0.198. The lowest BCUT2D eigenvalue weighted by atomic mass is 9.91. The van der Waals surface area contributed by atoms with E-state index in [1.165, 1.54) is 29.8 Å². The Labute approximate surface area is 132 Å². The van der Waals surface area contributed by atoms with E-state index in [9.17, 15) is 0 Å². The van der Waals surface area contributed by atoms with E-state index in [0.717, 1.165) is 25.5 Å². The fraction of sp³-hybridized carbons (Fsp3) is 0.529. The highest BCUT2D eigenvalue weighted by Gasteiger charge is 2.22. The van der Waals surface area contributed by atoms with Crippen LogP contribution >= 0.6 is 0 Å². The molecular formula is C17H25N5. The molecule has 0 saturated carbocycles. The number of nitrogens with one attached hydrogen (secondary N) is 1. The Morgan fingerprint density at radius 2 is 2.23 bits per heavy atom. The highest BCUT2D eigenvalue weighted by molar-refractivity contribution is 5.40. The molecule has 2 aromatic heterocycles. The molecule has 118 valence electrons. The first-order chi connectivity index (χ1) is 10.6. The third-order valence-corrected chi connectivity index (χ3v) is 4.51. The number of aryl methyl sites for hydroxylation is 1. The van der Waals surface area contributed by atoms with E-state index in [1.54, 1.807) is 6.33 Å². The maximum Gasteiger partial charge on any atom is 0.128 e. The van der Waals surface area contributed by atoms with Crippen molar-refractivity contribution in [2.75, 3.05) is 32.1 Å². The molecule has 0 bridgehead atoms. The first kappa shape index (κ1) is 15.0. The molecule has 3 rings (SSSR count). The fourth-order valence-corrected chi connectivity index (χ4v) is 3.16. The van der Waals surface area contributed by atoms with Crippen molar-refractivity contribution in [1.82, 2.24) is 19.9 Å². The smallest absolute Gasteiger partial charge is 0.128 e. The maximum absolute atomic E-state index is 4.43. The van der Waals surface area contributed by atoms with Gasteiger partial charge < -0.3 is 9.88 Å². The number of aromatic nitrogens is 3. The minimum Gasteiger partial charge on any atom is -0.363 e. The maximum atomic E-state index is 4.43. The highest BCUT2D eigenvalue weighted by atomic mass is 15.1. The van der Waals surface area contributed by atoms with Crippen molar-refractivity contribution >= 4 is 5.82 Å². The third-order valence-electron chi connectivity index (χ3n) is 4.51. The molecule has 2 aromatic rings. The molecule has 5 heteroatoms. The molecule has 0 unspecified atom stereocenters. The lowest BCUT2D eigenvalue weighted by Crippen LogP contribution is -2.34. The van der Waals surface area contributed by atoms with Gasteiger partial charge in [-0.25, -0.2) is 9.97 Å². The first-order valence-corrected chi connectivity index (χ1v) is 7.98. The van der Waals surface area contributed by atoms with Crippen molar-refractivity contribution < 1.29 is 0 Å². The molecule has 5 nitrogen and oxygen atoms in total. The summed E-state index contributed by atoms with van der Waals surface area (Å²) in [5, 5.41) is 0. The molecular weight excluding hydrogens is 274 g/mol. The van der Waals surface area contributed by atoms with Gasteiger partial charge in [-0.3, -0.25) is 4.90 Å². The van der Waals surface area contributed by atoms with Crippen LogP contribution in [0.25, 0.3) is 0 Å². The van der Waals surface area contributed by atoms with Gasteiger partial charge in [0.05, 0.1) is 12.0 Å². The van der Waals surface area contributed by atoms with Gasteiger partial charge in [0.2, 0.25) is 0 Å². The average Bonchev–Trinajstić information content (AvgIpc) is 2.93. The summed E-state index contributed by atoms with van der Waals surface area (Å²) in [6.45, 7) is 5.30. The summed E-state index contributed by atoms with van der Waals surface area (Å²) in [7, 11) is 4.08. The number of nitrogens with zero attached hydrogens (tertiary/aromatic N) is 4. The molecule has 1 N–H and O–H groups in total. The first-order valence-electron chi connectivity index (χ1n) is 7.98. The molecule has 1 aliphatic rings. The Morgan fingerprint density at radius 3 is 2.95 bits per heavy atom. The molecule has 0 spiro atoms. The van der Waals surface area contributed by atoms with Crippen molar-refractivity contribution in [3.63, 3.8) is 0 Å². The Balaban J connectivity index is 1.70. The SMILES string of the molecule is Cc1[nH]cnc1CN1CCC[C@H](c2ccnc(N(C)C)c2)C1. The number of aromatic amines is 1. The van der Waals surface area contributed by atoms with Crippen LogP contribution in [0.4, 0.5) is 5.82 Å². The van der Waals surface area contributed by atoms with E-state index >= 15 is 0 Å². The zero-order chi connectivity index (χ0) is 15.5. The molecule has 1 atom stereocenters. The van der Waals surface area contributed by atoms with Crippen molar-refractivity contribution in [3.8, 4) is 0 Å². The second-order valence-corrected chi connectivity index (χ2v) is 6.39. The quantitative estimate of drug-likeness (QED) is 0.942. The summed E-state index contributed by atoms with van der Waals surface area (Å²) in [6.07, 6.45) is 6.22. The summed E-state index contributed by atoms with van der Waals surface area (Å²) < 4.78 is 0. The van der Waals surface area contributed by atoms with Crippen molar-refractivity contribution in [1.29, 1.82) is 0 Å². The van der Waals surface area contributed by atoms with E-state index in [2.05, 4.69) is 43.8 Å².